The monoisotopic (exact) mass is 457 g/mol. The van der Waals surface area contributed by atoms with E-state index in [0.29, 0.717) is 11.3 Å². The van der Waals surface area contributed by atoms with Crippen molar-refractivity contribution in [2.45, 2.75) is 19.2 Å². The zero-order valence-electron chi connectivity index (χ0n) is 16.9. The molecule has 0 bridgehead atoms. The summed E-state index contributed by atoms with van der Waals surface area (Å²) in [6.45, 7) is 1.72. The number of halogens is 3. The number of Topliss-reactive ketones (excluding diaryl/α,β-unsaturated/α-hetero) is 1. The number of carbonyl (C=O) groups excluding carboxylic acids is 2. The highest BCUT2D eigenvalue weighted by Gasteiger charge is 2.39. The van der Waals surface area contributed by atoms with Gasteiger partial charge in [-0.1, -0.05) is 61.2 Å². The summed E-state index contributed by atoms with van der Waals surface area (Å²) in [7, 11) is 0. The maximum absolute atomic E-state index is 13.5. The molecular formula is C24H18F3NO3S. The number of alkyl halides is 3. The van der Waals surface area contributed by atoms with Crippen LogP contribution in [0.15, 0.2) is 66.5 Å². The lowest BCUT2D eigenvalue weighted by Gasteiger charge is -2.14. The topological polar surface area (TPSA) is 69.4 Å². The number of rotatable bonds is 4. The minimum atomic E-state index is -4.70. The minimum absolute atomic E-state index is 0.0925. The molecule has 32 heavy (non-hydrogen) atoms. The number of fused-ring (bicyclic) bond motifs is 1. The van der Waals surface area contributed by atoms with E-state index in [-0.39, 0.29) is 22.6 Å². The smallest absolute Gasteiger partial charge is 0.416 e. The van der Waals surface area contributed by atoms with Crippen LogP contribution in [0.4, 0.5) is 13.2 Å². The second kappa shape index (κ2) is 8.35. The van der Waals surface area contributed by atoms with Crippen LogP contribution in [-0.4, -0.2) is 16.7 Å². The van der Waals surface area contributed by atoms with Gasteiger partial charge in [0.15, 0.2) is 12.0 Å². The maximum atomic E-state index is 13.5. The van der Waals surface area contributed by atoms with Gasteiger partial charge in [0.1, 0.15) is 0 Å². The molecule has 3 aromatic rings. The van der Waals surface area contributed by atoms with Crippen molar-refractivity contribution < 1.29 is 27.5 Å². The van der Waals surface area contributed by atoms with Gasteiger partial charge in [-0.3, -0.25) is 9.59 Å². The van der Waals surface area contributed by atoms with Gasteiger partial charge in [0.2, 0.25) is 10.9 Å². The van der Waals surface area contributed by atoms with Gasteiger partial charge in [-0.15, -0.1) is 0 Å². The summed E-state index contributed by atoms with van der Waals surface area (Å²) in [5.74, 6) is -0.422. The minimum Gasteiger partial charge on any atom is -0.462 e. The van der Waals surface area contributed by atoms with Crippen LogP contribution in [0.2, 0.25) is 0 Å². The maximum Gasteiger partial charge on any atom is 0.416 e. The Kier molecular flexibility index (Phi) is 5.73. The fourth-order valence-electron chi connectivity index (χ4n) is 3.73. The lowest BCUT2D eigenvalue weighted by molar-refractivity contribution is -0.137. The fraction of sp³-hybridized carbons (Fsp3) is 0.167. The van der Waals surface area contributed by atoms with Gasteiger partial charge in [-0.05, 0) is 40.3 Å². The van der Waals surface area contributed by atoms with Crippen molar-refractivity contribution >= 4 is 39.0 Å². The van der Waals surface area contributed by atoms with Crippen molar-refractivity contribution in [2.24, 2.45) is 5.73 Å². The summed E-state index contributed by atoms with van der Waals surface area (Å²) in [6.07, 6.45) is -5.79. The lowest BCUT2D eigenvalue weighted by Crippen LogP contribution is -2.12. The Morgan fingerprint density at radius 2 is 1.81 bits per heavy atom. The molecule has 0 spiro atoms. The van der Waals surface area contributed by atoms with Crippen LogP contribution in [0.25, 0.3) is 16.3 Å². The Labute approximate surface area is 186 Å². The first-order valence-corrected chi connectivity index (χ1v) is 10.8. The van der Waals surface area contributed by atoms with Crippen molar-refractivity contribution in [3.63, 3.8) is 0 Å². The van der Waals surface area contributed by atoms with E-state index < -0.39 is 28.7 Å². The molecule has 0 saturated heterocycles. The van der Waals surface area contributed by atoms with Crippen molar-refractivity contribution in [2.75, 3.05) is 5.75 Å². The van der Waals surface area contributed by atoms with E-state index in [2.05, 4.69) is 0 Å². The molecule has 0 radical (unpaired) electrons. The molecule has 0 saturated carbocycles. The SMILES string of the molecule is CCSC(=O)c1cc(C2=C(N)OC(c3cccc4ccccc34)C2=O)cc(C(F)(F)F)c1. The van der Waals surface area contributed by atoms with Gasteiger partial charge in [-0.2, -0.15) is 13.2 Å². The Balaban J connectivity index is 1.80. The summed E-state index contributed by atoms with van der Waals surface area (Å²) >= 11 is 0.886. The molecule has 4 nitrogen and oxygen atoms in total. The largest absolute Gasteiger partial charge is 0.462 e. The van der Waals surface area contributed by atoms with E-state index in [1.807, 2.05) is 30.3 Å². The molecule has 0 amide bonds. The third-order valence-electron chi connectivity index (χ3n) is 5.14. The summed E-state index contributed by atoms with van der Waals surface area (Å²) in [5, 5.41) is 1.15. The second-order valence-electron chi connectivity index (χ2n) is 7.19. The molecule has 164 valence electrons. The van der Waals surface area contributed by atoms with E-state index in [9.17, 15) is 22.8 Å². The molecular weight excluding hydrogens is 439 g/mol. The summed E-state index contributed by atoms with van der Waals surface area (Å²) in [6, 6.07) is 15.6. The molecule has 0 fully saturated rings. The molecule has 1 aliphatic rings. The fourth-order valence-corrected chi connectivity index (χ4v) is 4.27. The Bertz CT molecular complexity index is 1260. The molecule has 1 atom stereocenters. The Morgan fingerprint density at radius 3 is 2.53 bits per heavy atom. The number of ketones is 1. The summed E-state index contributed by atoms with van der Waals surface area (Å²) in [4.78, 5) is 25.6. The molecule has 1 unspecified atom stereocenters. The van der Waals surface area contributed by atoms with Gasteiger partial charge >= 0.3 is 6.18 Å². The zero-order chi connectivity index (χ0) is 23.0. The highest BCUT2D eigenvalue weighted by molar-refractivity contribution is 8.14. The highest BCUT2D eigenvalue weighted by Crippen LogP contribution is 2.41. The molecule has 0 aromatic heterocycles. The predicted molar refractivity (Wildman–Crippen MR) is 118 cm³/mol. The van der Waals surface area contributed by atoms with Crippen LogP contribution >= 0.6 is 11.8 Å². The standard InChI is InChI=1S/C24H18F3NO3S/c1-2-32-23(30)15-10-14(11-16(12-15)24(25,26)27)19-20(29)21(31-22(19)28)18-9-5-7-13-6-3-4-8-17(13)18/h3-12,21H,2,28H2,1H3. The van der Waals surface area contributed by atoms with Gasteiger partial charge in [-0.25, -0.2) is 0 Å². The van der Waals surface area contributed by atoms with Crippen LogP contribution in [-0.2, 0) is 15.7 Å². The Morgan fingerprint density at radius 1 is 1.09 bits per heavy atom. The first kappa shape index (κ1) is 22.0. The van der Waals surface area contributed by atoms with Crippen LogP contribution in [0, 0.1) is 0 Å². The third-order valence-corrected chi connectivity index (χ3v) is 5.93. The molecule has 3 aromatic carbocycles. The average molecular weight is 457 g/mol. The number of ether oxygens (including phenoxy) is 1. The van der Waals surface area contributed by atoms with Gasteiger partial charge in [0.25, 0.3) is 0 Å². The second-order valence-corrected chi connectivity index (χ2v) is 8.42. The number of thioether (sulfide) groups is 1. The first-order valence-electron chi connectivity index (χ1n) is 9.78. The molecule has 1 aliphatic heterocycles. The quantitative estimate of drug-likeness (QED) is 0.543. The van der Waals surface area contributed by atoms with Crippen molar-refractivity contribution in [1.29, 1.82) is 0 Å². The molecule has 0 aliphatic carbocycles. The summed E-state index contributed by atoms with van der Waals surface area (Å²) in [5.41, 5.74) is 5.11. The number of hydrogen-bond acceptors (Lipinski definition) is 5. The Hall–Kier alpha value is -3.26. The van der Waals surface area contributed by atoms with E-state index in [1.54, 1.807) is 19.1 Å². The predicted octanol–water partition coefficient (Wildman–Crippen LogP) is 5.72. The van der Waals surface area contributed by atoms with Crippen LogP contribution in [0.1, 0.15) is 40.1 Å². The number of hydrogen-bond donors (Lipinski definition) is 1. The van der Waals surface area contributed by atoms with Gasteiger partial charge < -0.3 is 10.5 Å². The van der Waals surface area contributed by atoms with Crippen molar-refractivity contribution in [3.8, 4) is 0 Å². The number of nitrogens with two attached hydrogens (primary N) is 1. The number of carbonyl (C=O) groups is 2. The molecule has 8 heteroatoms. The van der Waals surface area contributed by atoms with Crippen molar-refractivity contribution in [1.82, 2.24) is 0 Å². The third kappa shape index (κ3) is 3.98. The number of benzene rings is 3. The van der Waals surface area contributed by atoms with Gasteiger partial charge in [0.05, 0.1) is 11.1 Å². The van der Waals surface area contributed by atoms with E-state index in [1.165, 1.54) is 6.07 Å². The highest BCUT2D eigenvalue weighted by atomic mass is 32.2. The van der Waals surface area contributed by atoms with E-state index >= 15 is 0 Å². The molecule has 1 heterocycles. The van der Waals surface area contributed by atoms with E-state index in [4.69, 9.17) is 10.5 Å². The van der Waals surface area contributed by atoms with Crippen LogP contribution in [0.5, 0.6) is 0 Å². The van der Waals surface area contributed by atoms with Gasteiger partial charge in [0, 0.05) is 11.1 Å². The molecule has 4 rings (SSSR count). The average Bonchev–Trinajstić information content (AvgIpc) is 3.06. The van der Waals surface area contributed by atoms with Crippen LogP contribution < -0.4 is 5.73 Å². The summed E-state index contributed by atoms with van der Waals surface area (Å²) < 4.78 is 46.2. The zero-order valence-corrected chi connectivity index (χ0v) is 17.7. The van der Waals surface area contributed by atoms with E-state index in [0.717, 1.165) is 34.7 Å². The first-order chi connectivity index (χ1) is 15.2. The van der Waals surface area contributed by atoms with Crippen molar-refractivity contribution in [3.05, 3.63) is 88.8 Å². The normalized spacial score (nSPS) is 16.5. The van der Waals surface area contributed by atoms with Crippen LogP contribution in [0.3, 0.4) is 0 Å². The lowest BCUT2D eigenvalue weighted by atomic mass is 9.92. The molecule has 2 N–H and O–H groups in total.